The third-order valence-electron chi connectivity index (χ3n) is 3.34. The smallest absolute Gasteiger partial charge is 0.354 e. The van der Waals surface area contributed by atoms with E-state index in [1.165, 1.54) is 6.33 Å². The molecule has 72 valence electrons. The lowest BCUT2D eigenvalue weighted by molar-refractivity contribution is 0.0688. The Morgan fingerprint density at radius 1 is 1.36 bits per heavy atom. The Morgan fingerprint density at radius 3 is 2.93 bits per heavy atom. The van der Waals surface area contributed by atoms with Crippen LogP contribution in [0.3, 0.4) is 0 Å². The van der Waals surface area contributed by atoms with Crippen LogP contribution < -0.4 is 0 Å². The van der Waals surface area contributed by atoms with Gasteiger partial charge in [-0.2, -0.15) is 0 Å². The number of carboxylic acid groups (broad SMARTS) is 1. The molecular weight excluding hydrogens is 180 g/mol. The van der Waals surface area contributed by atoms with E-state index >= 15 is 0 Å². The van der Waals surface area contributed by atoms with E-state index in [0.29, 0.717) is 11.8 Å². The van der Waals surface area contributed by atoms with Crippen LogP contribution in [0.1, 0.15) is 52.8 Å². The van der Waals surface area contributed by atoms with E-state index in [1.54, 1.807) is 0 Å². The number of carbonyl (C=O) groups is 1. The second-order valence-corrected chi connectivity index (χ2v) is 4.03. The molecule has 0 aliphatic heterocycles. The molecule has 1 saturated carbocycles. The molecule has 2 atom stereocenters. The lowest BCUT2D eigenvalue weighted by Gasteiger charge is -2.14. The van der Waals surface area contributed by atoms with E-state index in [9.17, 15) is 4.79 Å². The molecule has 4 heteroatoms. The summed E-state index contributed by atoms with van der Waals surface area (Å²) in [6.07, 6.45) is 4.72. The number of nitrogens with zero attached hydrogens (tertiary/aromatic N) is 2. The van der Waals surface area contributed by atoms with Crippen molar-refractivity contribution in [2.75, 3.05) is 0 Å². The minimum Gasteiger partial charge on any atom is -0.477 e. The summed E-state index contributed by atoms with van der Waals surface area (Å²) in [5.41, 5.74) is 2.13. The molecular formula is C10H10N2O2. The molecule has 2 aliphatic carbocycles. The van der Waals surface area contributed by atoms with Crippen molar-refractivity contribution >= 4 is 5.97 Å². The van der Waals surface area contributed by atoms with Gasteiger partial charge in [0.25, 0.3) is 0 Å². The zero-order chi connectivity index (χ0) is 9.71. The summed E-state index contributed by atoms with van der Waals surface area (Å²) < 4.78 is 0. The summed E-state index contributed by atoms with van der Waals surface area (Å²) in [6, 6.07) is 0. The maximum Gasteiger partial charge on any atom is 0.354 e. The molecule has 14 heavy (non-hydrogen) atoms. The SMILES string of the molecule is O=C(O)c1ncnc2c1C1CCC2C1. The second-order valence-electron chi connectivity index (χ2n) is 4.03. The lowest BCUT2D eigenvalue weighted by Crippen LogP contribution is -2.11. The van der Waals surface area contributed by atoms with Crippen LogP contribution in [0.25, 0.3) is 0 Å². The van der Waals surface area contributed by atoms with Gasteiger partial charge in [-0.15, -0.1) is 0 Å². The minimum atomic E-state index is -0.920. The number of rotatable bonds is 1. The highest BCUT2D eigenvalue weighted by Crippen LogP contribution is 2.52. The standard InChI is InChI=1S/C10H10N2O2/c13-10(14)9-7-5-1-2-6(3-5)8(7)11-4-12-9/h4-6H,1-3H2,(H,13,14). The molecule has 1 aromatic heterocycles. The first-order chi connectivity index (χ1) is 6.77. The summed E-state index contributed by atoms with van der Waals surface area (Å²) in [5, 5.41) is 8.99. The van der Waals surface area contributed by atoms with Gasteiger partial charge in [-0.3, -0.25) is 0 Å². The Kier molecular flexibility index (Phi) is 1.43. The number of hydrogen-bond donors (Lipinski definition) is 1. The van der Waals surface area contributed by atoms with Gasteiger partial charge in [0.05, 0.1) is 5.69 Å². The van der Waals surface area contributed by atoms with Crippen molar-refractivity contribution in [1.29, 1.82) is 0 Å². The van der Waals surface area contributed by atoms with Crippen LogP contribution in [0.4, 0.5) is 0 Å². The predicted molar refractivity (Wildman–Crippen MR) is 48.3 cm³/mol. The van der Waals surface area contributed by atoms with Gasteiger partial charge in [0.2, 0.25) is 0 Å². The molecule has 1 N–H and O–H groups in total. The Hall–Kier alpha value is -1.45. The first-order valence-corrected chi connectivity index (χ1v) is 4.85. The van der Waals surface area contributed by atoms with Crippen molar-refractivity contribution in [3.05, 3.63) is 23.3 Å². The summed E-state index contributed by atoms with van der Waals surface area (Å²) in [6.45, 7) is 0. The molecule has 4 nitrogen and oxygen atoms in total. The number of fused-ring (bicyclic) bond motifs is 5. The highest BCUT2D eigenvalue weighted by Gasteiger charge is 2.41. The van der Waals surface area contributed by atoms with Gasteiger partial charge in [0, 0.05) is 11.5 Å². The predicted octanol–water partition coefficient (Wildman–Crippen LogP) is 1.54. The van der Waals surface area contributed by atoms with Gasteiger partial charge < -0.3 is 5.11 Å². The first-order valence-electron chi connectivity index (χ1n) is 4.85. The summed E-state index contributed by atoms with van der Waals surface area (Å²) in [5.74, 6) is -0.0189. The normalized spacial score (nSPS) is 27.7. The van der Waals surface area contributed by atoms with E-state index in [2.05, 4.69) is 9.97 Å². The van der Waals surface area contributed by atoms with Gasteiger partial charge in [-0.25, -0.2) is 14.8 Å². The van der Waals surface area contributed by atoms with Crippen LogP contribution in [0.15, 0.2) is 6.33 Å². The third kappa shape index (κ3) is 0.855. The molecule has 3 rings (SSSR count). The summed E-state index contributed by atoms with van der Waals surface area (Å²) in [7, 11) is 0. The fourth-order valence-corrected chi connectivity index (χ4v) is 2.80. The van der Waals surface area contributed by atoms with Crippen molar-refractivity contribution in [3.8, 4) is 0 Å². The van der Waals surface area contributed by atoms with E-state index in [1.807, 2.05) is 0 Å². The fraction of sp³-hybridized carbons (Fsp3) is 0.500. The largest absolute Gasteiger partial charge is 0.477 e. The van der Waals surface area contributed by atoms with E-state index in [4.69, 9.17) is 5.11 Å². The maximum absolute atomic E-state index is 10.9. The van der Waals surface area contributed by atoms with Crippen LogP contribution in [0.5, 0.6) is 0 Å². The van der Waals surface area contributed by atoms with Gasteiger partial charge in [0.15, 0.2) is 5.69 Å². The molecule has 1 aromatic rings. The summed E-state index contributed by atoms with van der Waals surface area (Å²) in [4.78, 5) is 19.0. The van der Waals surface area contributed by atoms with Crippen molar-refractivity contribution in [2.24, 2.45) is 0 Å². The van der Waals surface area contributed by atoms with E-state index in [-0.39, 0.29) is 5.69 Å². The topological polar surface area (TPSA) is 63.1 Å². The Bertz CT molecular complexity index is 417. The number of hydrogen-bond acceptors (Lipinski definition) is 3. The Balaban J connectivity index is 2.23. The fourth-order valence-electron chi connectivity index (χ4n) is 2.80. The molecule has 0 amide bonds. The minimum absolute atomic E-state index is 0.224. The third-order valence-corrected chi connectivity index (χ3v) is 3.34. The van der Waals surface area contributed by atoms with Crippen molar-refractivity contribution < 1.29 is 9.90 Å². The molecule has 2 bridgehead atoms. The quantitative estimate of drug-likeness (QED) is 0.729. The highest BCUT2D eigenvalue weighted by molar-refractivity contribution is 5.88. The van der Waals surface area contributed by atoms with E-state index in [0.717, 1.165) is 30.5 Å². The summed E-state index contributed by atoms with van der Waals surface area (Å²) >= 11 is 0. The van der Waals surface area contributed by atoms with E-state index < -0.39 is 5.97 Å². The number of aromatic nitrogens is 2. The van der Waals surface area contributed by atoms with Crippen LogP contribution >= 0.6 is 0 Å². The Labute approximate surface area is 81.0 Å². The average molecular weight is 190 g/mol. The molecule has 1 heterocycles. The lowest BCUT2D eigenvalue weighted by atomic mass is 9.94. The van der Waals surface area contributed by atoms with Crippen LogP contribution in [-0.4, -0.2) is 21.0 Å². The van der Waals surface area contributed by atoms with Gasteiger partial charge in [0.1, 0.15) is 6.33 Å². The van der Waals surface area contributed by atoms with Crippen LogP contribution in [0, 0.1) is 0 Å². The number of aromatic carboxylic acids is 1. The average Bonchev–Trinajstić information content (AvgIpc) is 2.77. The van der Waals surface area contributed by atoms with Crippen molar-refractivity contribution in [1.82, 2.24) is 9.97 Å². The second kappa shape index (κ2) is 2.53. The molecule has 2 unspecified atom stereocenters. The number of carboxylic acids is 1. The molecule has 0 spiro atoms. The monoisotopic (exact) mass is 190 g/mol. The van der Waals surface area contributed by atoms with Crippen LogP contribution in [-0.2, 0) is 0 Å². The van der Waals surface area contributed by atoms with Crippen molar-refractivity contribution in [3.63, 3.8) is 0 Å². The molecule has 0 aromatic carbocycles. The van der Waals surface area contributed by atoms with Gasteiger partial charge in [-0.1, -0.05) is 0 Å². The Morgan fingerprint density at radius 2 is 2.14 bits per heavy atom. The van der Waals surface area contributed by atoms with Crippen molar-refractivity contribution in [2.45, 2.75) is 31.1 Å². The molecule has 1 fully saturated rings. The first kappa shape index (κ1) is 7.91. The van der Waals surface area contributed by atoms with Crippen LogP contribution in [0.2, 0.25) is 0 Å². The maximum atomic E-state index is 10.9. The van der Waals surface area contributed by atoms with Gasteiger partial charge in [-0.05, 0) is 25.2 Å². The molecule has 2 aliphatic rings. The van der Waals surface area contributed by atoms with Gasteiger partial charge >= 0.3 is 5.97 Å². The zero-order valence-electron chi connectivity index (χ0n) is 7.60. The zero-order valence-corrected chi connectivity index (χ0v) is 7.60. The highest BCUT2D eigenvalue weighted by atomic mass is 16.4. The molecule has 0 saturated heterocycles. The molecule has 0 radical (unpaired) electrons.